The van der Waals surface area contributed by atoms with E-state index in [9.17, 15) is 0 Å². The molecule has 27 heavy (non-hydrogen) atoms. The van der Waals surface area contributed by atoms with Crippen molar-refractivity contribution in [3.8, 4) is 5.88 Å². The zero-order valence-electron chi connectivity index (χ0n) is 16.2. The fourth-order valence-corrected chi connectivity index (χ4v) is 3.89. The number of hydrogen-bond donors (Lipinski definition) is 1. The van der Waals surface area contributed by atoms with Gasteiger partial charge in [0.2, 0.25) is 11.8 Å². The number of anilines is 1. The van der Waals surface area contributed by atoms with Gasteiger partial charge in [-0.2, -0.15) is 4.98 Å². The van der Waals surface area contributed by atoms with Crippen LogP contribution in [0.5, 0.6) is 5.88 Å². The van der Waals surface area contributed by atoms with Crippen LogP contribution in [0.4, 0.5) is 5.95 Å². The summed E-state index contributed by atoms with van der Waals surface area (Å²) < 4.78 is 6.04. The number of hydrogen-bond acceptors (Lipinski definition) is 6. The minimum atomic E-state index is 0. The molecule has 2 fully saturated rings. The van der Waals surface area contributed by atoms with E-state index >= 15 is 0 Å². The molecule has 0 aliphatic carbocycles. The summed E-state index contributed by atoms with van der Waals surface area (Å²) in [6.07, 6.45) is 4.29. The lowest BCUT2D eigenvalue weighted by Crippen LogP contribution is -2.54. The SMILES string of the molecule is CN=C(NCC1CCCN1C)N1CCN(c2ncc(Br)c(OC)n2)CC1.I. The predicted octanol–water partition coefficient (Wildman–Crippen LogP) is 1.66. The summed E-state index contributed by atoms with van der Waals surface area (Å²) in [5, 5.41) is 3.55. The molecule has 3 heterocycles. The topological polar surface area (TPSA) is 69.1 Å². The second kappa shape index (κ2) is 10.6. The van der Waals surface area contributed by atoms with Gasteiger partial charge in [-0.1, -0.05) is 0 Å². The molecule has 2 saturated heterocycles. The molecule has 1 unspecified atom stereocenters. The standard InChI is InChI=1S/C17H28BrN7O.HI/c1-19-16(20-11-13-5-4-6-23(13)2)24-7-9-25(10-8-24)17-21-12-14(18)15(22-17)26-3;/h12-13H,4-11H2,1-3H3,(H,19,20);1H. The number of ether oxygens (including phenoxy) is 1. The quantitative estimate of drug-likeness (QED) is 0.345. The number of nitrogens with zero attached hydrogens (tertiary/aromatic N) is 6. The van der Waals surface area contributed by atoms with Gasteiger partial charge < -0.3 is 24.8 Å². The van der Waals surface area contributed by atoms with Crippen molar-refractivity contribution in [2.75, 3.05) is 65.4 Å². The van der Waals surface area contributed by atoms with Crippen LogP contribution >= 0.6 is 39.9 Å². The number of rotatable bonds is 4. The zero-order valence-corrected chi connectivity index (χ0v) is 20.1. The lowest BCUT2D eigenvalue weighted by atomic mass is 10.2. The third-order valence-corrected chi connectivity index (χ3v) is 5.68. The Morgan fingerprint density at radius 1 is 1.33 bits per heavy atom. The van der Waals surface area contributed by atoms with Crippen LogP contribution in [0, 0.1) is 0 Å². The number of piperazine rings is 1. The van der Waals surface area contributed by atoms with Crippen molar-refractivity contribution in [3.05, 3.63) is 10.7 Å². The Bertz CT molecular complexity index is 640. The van der Waals surface area contributed by atoms with E-state index in [1.54, 1.807) is 13.3 Å². The van der Waals surface area contributed by atoms with Gasteiger partial charge in [-0.05, 0) is 42.4 Å². The van der Waals surface area contributed by atoms with Crippen molar-refractivity contribution in [1.82, 2.24) is 25.1 Å². The fourth-order valence-electron chi connectivity index (χ4n) is 3.54. The second-order valence-corrected chi connectivity index (χ2v) is 7.56. The van der Waals surface area contributed by atoms with Gasteiger partial charge in [0.15, 0.2) is 5.96 Å². The lowest BCUT2D eigenvalue weighted by Gasteiger charge is -2.37. The van der Waals surface area contributed by atoms with Gasteiger partial charge >= 0.3 is 0 Å². The minimum Gasteiger partial charge on any atom is -0.480 e. The van der Waals surface area contributed by atoms with Gasteiger partial charge in [0.05, 0.1) is 17.8 Å². The maximum atomic E-state index is 5.27. The van der Waals surface area contributed by atoms with Crippen molar-refractivity contribution >= 4 is 51.8 Å². The summed E-state index contributed by atoms with van der Waals surface area (Å²) in [6.45, 7) is 5.64. The highest BCUT2D eigenvalue weighted by Crippen LogP contribution is 2.24. The number of halogens is 2. The molecular formula is C17H29BrIN7O. The third kappa shape index (κ3) is 5.57. The largest absolute Gasteiger partial charge is 0.480 e. The minimum absolute atomic E-state index is 0. The molecule has 0 saturated carbocycles. The number of likely N-dealkylation sites (tertiary alicyclic amines) is 1. The molecule has 0 aromatic carbocycles. The van der Waals surface area contributed by atoms with Crippen LogP contribution in [0.1, 0.15) is 12.8 Å². The summed E-state index contributed by atoms with van der Waals surface area (Å²) in [5.41, 5.74) is 0. The highest BCUT2D eigenvalue weighted by Gasteiger charge is 2.24. The Balaban J connectivity index is 0.00000261. The van der Waals surface area contributed by atoms with Crippen LogP contribution < -0.4 is 15.0 Å². The second-order valence-electron chi connectivity index (χ2n) is 6.71. The summed E-state index contributed by atoms with van der Waals surface area (Å²) >= 11 is 3.40. The predicted molar refractivity (Wildman–Crippen MR) is 122 cm³/mol. The number of guanidine groups is 1. The molecule has 0 spiro atoms. The van der Waals surface area contributed by atoms with Crippen molar-refractivity contribution in [2.24, 2.45) is 4.99 Å². The van der Waals surface area contributed by atoms with Gasteiger partial charge in [-0.15, -0.1) is 24.0 Å². The Labute approximate surface area is 186 Å². The van der Waals surface area contributed by atoms with E-state index < -0.39 is 0 Å². The summed E-state index contributed by atoms with van der Waals surface area (Å²) in [7, 11) is 5.68. The monoisotopic (exact) mass is 553 g/mol. The van der Waals surface area contributed by atoms with Crippen LogP contribution in [0.3, 0.4) is 0 Å². The molecule has 1 aromatic rings. The molecule has 2 aliphatic rings. The molecule has 8 nitrogen and oxygen atoms in total. The van der Waals surface area contributed by atoms with Crippen LogP contribution in [0.15, 0.2) is 15.7 Å². The van der Waals surface area contributed by atoms with E-state index in [2.05, 4.69) is 58.0 Å². The van der Waals surface area contributed by atoms with Gasteiger partial charge in [-0.3, -0.25) is 4.99 Å². The first-order valence-corrected chi connectivity index (χ1v) is 9.89. The number of aliphatic imine (C=N–C) groups is 1. The third-order valence-electron chi connectivity index (χ3n) is 5.13. The molecule has 3 rings (SSSR count). The molecule has 2 aliphatic heterocycles. The Kier molecular flexibility index (Phi) is 8.80. The molecule has 0 amide bonds. The van der Waals surface area contributed by atoms with E-state index in [0.717, 1.165) is 43.2 Å². The Hall–Kier alpha value is -0.880. The first kappa shape index (κ1) is 22.4. The summed E-state index contributed by atoms with van der Waals surface area (Å²) in [6, 6.07) is 0.608. The van der Waals surface area contributed by atoms with Gasteiger partial charge in [0.25, 0.3) is 0 Å². The van der Waals surface area contributed by atoms with Crippen LogP contribution in [-0.2, 0) is 0 Å². The molecule has 0 bridgehead atoms. The molecule has 0 radical (unpaired) electrons. The summed E-state index contributed by atoms with van der Waals surface area (Å²) in [4.78, 5) is 20.3. The Morgan fingerprint density at radius 2 is 2.07 bits per heavy atom. The van der Waals surface area contributed by atoms with Gasteiger partial charge in [0, 0.05) is 45.8 Å². The number of nitrogens with one attached hydrogen (secondary N) is 1. The zero-order chi connectivity index (χ0) is 18.5. The van der Waals surface area contributed by atoms with E-state index in [1.807, 2.05) is 7.05 Å². The maximum Gasteiger partial charge on any atom is 0.232 e. The van der Waals surface area contributed by atoms with E-state index in [1.165, 1.54) is 19.4 Å². The van der Waals surface area contributed by atoms with Gasteiger partial charge in [-0.25, -0.2) is 4.98 Å². The van der Waals surface area contributed by atoms with Gasteiger partial charge in [0.1, 0.15) is 0 Å². The molecule has 10 heteroatoms. The van der Waals surface area contributed by atoms with E-state index in [0.29, 0.717) is 17.9 Å². The number of aromatic nitrogens is 2. The van der Waals surface area contributed by atoms with E-state index in [-0.39, 0.29) is 24.0 Å². The fraction of sp³-hybridized carbons (Fsp3) is 0.706. The Morgan fingerprint density at radius 3 is 2.67 bits per heavy atom. The van der Waals surface area contributed by atoms with E-state index in [4.69, 9.17) is 4.74 Å². The van der Waals surface area contributed by atoms with Crippen LogP contribution in [0.2, 0.25) is 0 Å². The molecule has 1 aromatic heterocycles. The number of methoxy groups -OCH3 is 1. The normalized spacial score (nSPS) is 21.2. The van der Waals surface area contributed by atoms with Crippen molar-refractivity contribution in [1.29, 1.82) is 0 Å². The molecule has 152 valence electrons. The smallest absolute Gasteiger partial charge is 0.232 e. The molecular weight excluding hydrogens is 525 g/mol. The number of likely N-dealkylation sites (N-methyl/N-ethyl adjacent to an activating group) is 1. The molecule has 1 atom stereocenters. The average Bonchev–Trinajstić information content (AvgIpc) is 3.08. The van der Waals surface area contributed by atoms with Crippen LogP contribution in [0.25, 0.3) is 0 Å². The van der Waals surface area contributed by atoms with Crippen molar-refractivity contribution in [3.63, 3.8) is 0 Å². The first-order chi connectivity index (χ1) is 12.6. The highest BCUT2D eigenvalue weighted by atomic mass is 127. The summed E-state index contributed by atoms with van der Waals surface area (Å²) in [5.74, 6) is 2.26. The lowest BCUT2D eigenvalue weighted by molar-refractivity contribution is 0.303. The van der Waals surface area contributed by atoms with Crippen LogP contribution in [-0.4, -0.2) is 92.2 Å². The highest BCUT2D eigenvalue weighted by molar-refractivity contribution is 14.0. The first-order valence-electron chi connectivity index (χ1n) is 9.09. The molecule has 1 N–H and O–H groups in total. The van der Waals surface area contributed by atoms with Crippen molar-refractivity contribution in [2.45, 2.75) is 18.9 Å². The average molecular weight is 554 g/mol. The van der Waals surface area contributed by atoms with Crippen molar-refractivity contribution < 1.29 is 4.74 Å². The maximum absolute atomic E-state index is 5.27.